The van der Waals surface area contributed by atoms with E-state index in [4.69, 9.17) is 4.74 Å². The Bertz CT molecular complexity index is 369. The van der Waals surface area contributed by atoms with Gasteiger partial charge < -0.3 is 10.1 Å². The normalized spacial score (nSPS) is 10.2. The molecule has 0 radical (unpaired) electrons. The summed E-state index contributed by atoms with van der Waals surface area (Å²) >= 11 is 3.30. The minimum atomic E-state index is -0.0584. The smallest absolute Gasteiger partial charge is 0.226 e. The fraction of sp³-hybridized carbons (Fsp3) is 0.455. The number of pyridine rings is 1. The second-order valence-corrected chi connectivity index (χ2v) is 4.08. The largest absolute Gasteiger partial charge is 0.381 e. The van der Waals surface area contributed by atoms with Crippen molar-refractivity contribution in [3.05, 3.63) is 22.4 Å². The van der Waals surface area contributed by atoms with Crippen LogP contribution < -0.4 is 5.32 Å². The van der Waals surface area contributed by atoms with Crippen LogP contribution in [0.1, 0.15) is 18.9 Å². The molecule has 1 aromatic rings. The molecule has 0 aromatic carbocycles. The van der Waals surface area contributed by atoms with E-state index in [0.717, 1.165) is 10.2 Å². The van der Waals surface area contributed by atoms with Crippen molar-refractivity contribution in [2.45, 2.75) is 20.3 Å². The molecular formula is C11H15BrN2O2. The number of ether oxygens (including phenoxy) is 1. The third-order valence-electron chi connectivity index (χ3n) is 1.98. The Kier molecular flexibility index (Phi) is 5.42. The zero-order valence-electron chi connectivity index (χ0n) is 9.42. The zero-order chi connectivity index (χ0) is 12.0. The lowest BCUT2D eigenvalue weighted by atomic mass is 10.3. The Balaban J connectivity index is 2.46. The number of aryl methyl sites for hydroxylation is 1. The zero-order valence-corrected chi connectivity index (χ0v) is 11.0. The fourth-order valence-corrected chi connectivity index (χ4v) is 1.38. The molecule has 16 heavy (non-hydrogen) atoms. The molecule has 0 saturated carbocycles. The molecule has 0 aliphatic carbocycles. The number of nitrogens with one attached hydrogen (secondary N) is 1. The molecule has 1 aromatic heterocycles. The topological polar surface area (TPSA) is 51.2 Å². The van der Waals surface area contributed by atoms with Crippen molar-refractivity contribution in [1.29, 1.82) is 0 Å². The number of hydrogen-bond donors (Lipinski definition) is 1. The van der Waals surface area contributed by atoms with Gasteiger partial charge in [-0.05, 0) is 41.4 Å². The number of anilines is 1. The Morgan fingerprint density at radius 3 is 3.00 bits per heavy atom. The first-order chi connectivity index (χ1) is 7.63. The molecule has 0 fully saturated rings. The highest BCUT2D eigenvalue weighted by atomic mass is 79.9. The summed E-state index contributed by atoms with van der Waals surface area (Å²) < 4.78 is 5.89. The van der Waals surface area contributed by atoms with Crippen LogP contribution in [0.15, 0.2) is 16.9 Å². The lowest BCUT2D eigenvalue weighted by molar-refractivity contribution is -0.117. The fourth-order valence-electron chi connectivity index (χ4n) is 1.16. The molecule has 0 unspecified atom stereocenters. The summed E-state index contributed by atoms with van der Waals surface area (Å²) in [4.78, 5) is 15.6. The van der Waals surface area contributed by atoms with Crippen LogP contribution in [0.5, 0.6) is 0 Å². The van der Waals surface area contributed by atoms with Crippen molar-refractivity contribution in [1.82, 2.24) is 4.98 Å². The molecule has 1 heterocycles. The van der Waals surface area contributed by atoms with Gasteiger partial charge in [0, 0.05) is 6.61 Å². The number of amides is 1. The van der Waals surface area contributed by atoms with Gasteiger partial charge in [-0.2, -0.15) is 0 Å². The van der Waals surface area contributed by atoms with E-state index in [9.17, 15) is 4.79 Å². The van der Waals surface area contributed by atoms with Crippen LogP contribution in [0.25, 0.3) is 0 Å². The van der Waals surface area contributed by atoms with Gasteiger partial charge in [0.05, 0.1) is 24.9 Å². The van der Waals surface area contributed by atoms with E-state index in [2.05, 4.69) is 26.2 Å². The average molecular weight is 287 g/mol. The van der Waals surface area contributed by atoms with E-state index in [1.807, 2.05) is 19.9 Å². The highest BCUT2D eigenvalue weighted by molar-refractivity contribution is 9.10. The van der Waals surface area contributed by atoms with Gasteiger partial charge in [-0.25, -0.2) is 4.98 Å². The third kappa shape index (κ3) is 4.28. The number of carbonyl (C=O) groups is 1. The number of carbonyl (C=O) groups excluding carboxylic acids is 1. The number of halogens is 1. The van der Waals surface area contributed by atoms with Crippen LogP contribution >= 0.6 is 15.9 Å². The minimum Gasteiger partial charge on any atom is -0.381 e. The van der Waals surface area contributed by atoms with Gasteiger partial charge in [0.1, 0.15) is 4.60 Å². The number of aromatic nitrogens is 1. The van der Waals surface area contributed by atoms with Gasteiger partial charge in [-0.1, -0.05) is 0 Å². The van der Waals surface area contributed by atoms with Crippen LogP contribution in [0.4, 0.5) is 5.69 Å². The Morgan fingerprint density at radius 2 is 2.38 bits per heavy atom. The molecule has 4 nitrogen and oxygen atoms in total. The van der Waals surface area contributed by atoms with E-state index < -0.39 is 0 Å². The van der Waals surface area contributed by atoms with Crippen molar-refractivity contribution in [2.24, 2.45) is 0 Å². The van der Waals surface area contributed by atoms with Crippen molar-refractivity contribution >= 4 is 27.5 Å². The lowest BCUT2D eigenvalue weighted by Gasteiger charge is -2.06. The predicted molar refractivity (Wildman–Crippen MR) is 66.4 cm³/mol. The highest BCUT2D eigenvalue weighted by Gasteiger charge is 2.04. The molecule has 88 valence electrons. The minimum absolute atomic E-state index is 0.0584. The maximum Gasteiger partial charge on any atom is 0.226 e. The summed E-state index contributed by atoms with van der Waals surface area (Å²) in [5.41, 5.74) is 1.70. The summed E-state index contributed by atoms with van der Waals surface area (Å²) in [6.45, 7) is 4.91. The summed E-state index contributed by atoms with van der Waals surface area (Å²) in [5, 5.41) is 2.77. The van der Waals surface area contributed by atoms with Crippen LogP contribution in [-0.2, 0) is 9.53 Å². The van der Waals surface area contributed by atoms with Crippen LogP contribution in [-0.4, -0.2) is 24.1 Å². The number of nitrogens with zero attached hydrogens (tertiary/aromatic N) is 1. The van der Waals surface area contributed by atoms with Gasteiger partial charge in [0.25, 0.3) is 0 Å². The molecule has 0 spiro atoms. The molecule has 0 aliphatic rings. The lowest BCUT2D eigenvalue weighted by Crippen LogP contribution is -2.14. The highest BCUT2D eigenvalue weighted by Crippen LogP contribution is 2.16. The second kappa shape index (κ2) is 6.60. The maximum atomic E-state index is 11.5. The first kappa shape index (κ1) is 13.1. The van der Waals surface area contributed by atoms with E-state index in [1.54, 1.807) is 6.20 Å². The number of rotatable bonds is 5. The SMILES string of the molecule is CCOCCC(=O)Nc1cnc(Br)c(C)c1. The summed E-state index contributed by atoms with van der Waals surface area (Å²) in [6, 6.07) is 1.87. The van der Waals surface area contributed by atoms with Crippen molar-refractivity contribution in [3.63, 3.8) is 0 Å². The van der Waals surface area contributed by atoms with Crippen molar-refractivity contribution in [2.75, 3.05) is 18.5 Å². The van der Waals surface area contributed by atoms with Crippen molar-refractivity contribution < 1.29 is 9.53 Å². The predicted octanol–water partition coefficient (Wildman–Crippen LogP) is 2.52. The van der Waals surface area contributed by atoms with Gasteiger partial charge in [-0.15, -0.1) is 0 Å². The molecule has 0 bridgehead atoms. The first-order valence-corrected chi connectivity index (χ1v) is 5.92. The van der Waals surface area contributed by atoms with Gasteiger partial charge in [-0.3, -0.25) is 4.79 Å². The molecule has 1 N–H and O–H groups in total. The van der Waals surface area contributed by atoms with Crippen molar-refractivity contribution in [3.8, 4) is 0 Å². The quantitative estimate of drug-likeness (QED) is 0.668. The summed E-state index contributed by atoms with van der Waals surface area (Å²) in [5.74, 6) is -0.0584. The molecule has 1 rings (SSSR count). The molecule has 5 heteroatoms. The van der Waals surface area contributed by atoms with Gasteiger partial charge in [0.2, 0.25) is 5.91 Å². The third-order valence-corrected chi connectivity index (χ3v) is 2.81. The average Bonchev–Trinajstić information content (AvgIpc) is 2.24. The molecule has 0 aliphatic heterocycles. The summed E-state index contributed by atoms with van der Waals surface area (Å²) in [7, 11) is 0. The van der Waals surface area contributed by atoms with E-state index in [-0.39, 0.29) is 5.91 Å². The van der Waals surface area contributed by atoms with Crippen LogP contribution in [0.3, 0.4) is 0 Å². The molecular weight excluding hydrogens is 272 g/mol. The Labute approximate surface area is 104 Å². The van der Waals surface area contributed by atoms with E-state index in [0.29, 0.717) is 25.3 Å². The van der Waals surface area contributed by atoms with E-state index >= 15 is 0 Å². The van der Waals surface area contributed by atoms with Crippen LogP contribution in [0, 0.1) is 6.92 Å². The van der Waals surface area contributed by atoms with Gasteiger partial charge >= 0.3 is 0 Å². The molecule has 1 amide bonds. The second-order valence-electron chi connectivity index (χ2n) is 3.33. The summed E-state index contributed by atoms with van der Waals surface area (Å²) in [6.07, 6.45) is 1.98. The van der Waals surface area contributed by atoms with Gasteiger partial charge in [0.15, 0.2) is 0 Å². The molecule has 0 saturated heterocycles. The Morgan fingerprint density at radius 1 is 1.62 bits per heavy atom. The first-order valence-electron chi connectivity index (χ1n) is 5.13. The maximum absolute atomic E-state index is 11.5. The van der Waals surface area contributed by atoms with Crippen LogP contribution in [0.2, 0.25) is 0 Å². The monoisotopic (exact) mass is 286 g/mol. The number of hydrogen-bond acceptors (Lipinski definition) is 3. The van der Waals surface area contributed by atoms with E-state index in [1.165, 1.54) is 0 Å². The molecule has 0 atom stereocenters. The Hall–Kier alpha value is -0.940. The standard InChI is InChI=1S/C11H15BrN2O2/c1-3-16-5-4-10(15)14-9-6-8(2)11(12)13-7-9/h6-7H,3-5H2,1-2H3,(H,14,15).